The van der Waals surface area contributed by atoms with Crippen molar-refractivity contribution in [1.29, 1.82) is 0 Å². The molecule has 166 valence electrons. The second-order valence-corrected chi connectivity index (χ2v) is 7.71. The molecule has 0 radical (unpaired) electrons. The van der Waals surface area contributed by atoms with Crippen molar-refractivity contribution in [3.63, 3.8) is 0 Å². The van der Waals surface area contributed by atoms with E-state index in [-0.39, 0.29) is 22.0 Å². The van der Waals surface area contributed by atoms with Crippen LogP contribution in [0, 0.1) is 0 Å². The summed E-state index contributed by atoms with van der Waals surface area (Å²) >= 11 is 12.2. The molecule has 3 aromatic rings. The molecular formula is C22H19Cl2N3O5. The van der Waals surface area contributed by atoms with E-state index in [2.05, 4.69) is 5.32 Å². The van der Waals surface area contributed by atoms with Crippen molar-refractivity contribution in [1.82, 2.24) is 14.5 Å². The van der Waals surface area contributed by atoms with Crippen LogP contribution in [0.5, 0.6) is 0 Å². The third kappa shape index (κ3) is 4.92. The molecule has 0 bridgehead atoms. The smallest absolute Gasteiger partial charge is 0.335 e. The molecule has 0 spiro atoms. The van der Waals surface area contributed by atoms with Gasteiger partial charge in [0.2, 0.25) is 0 Å². The number of aryl methyl sites for hydroxylation is 1. The number of aromatic nitrogens is 2. The molecule has 0 fully saturated rings. The second kappa shape index (κ2) is 9.84. The fourth-order valence-electron chi connectivity index (χ4n) is 3.10. The van der Waals surface area contributed by atoms with E-state index in [9.17, 15) is 19.2 Å². The summed E-state index contributed by atoms with van der Waals surface area (Å²) in [5.41, 5.74) is 0.148. The molecule has 0 unspecified atom stereocenters. The maximum atomic E-state index is 12.7. The van der Waals surface area contributed by atoms with Crippen molar-refractivity contribution < 1.29 is 14.3 Å². The number of hydrogen-bond acceptors (Lipinski definition) is 5. The average molecular weight is 476 g/mol. The number of amides is 1. The fourth-order valence-corrected chi connectivity index (χ4v) is 3.67. The van der Waals surface area contributed by atoms with Crippen LogP contribution < -0.4 is 16.6 Å². The quantitative estimate of drug-likeness (QED) is 0.551. The molecule has 2 aromatic carbocycles. The number of carbonyl (C=O) groups is 2. The number of ether oxygens (including phenoxy) is 1. The molecule has 10 heteroatoms. The van der Waals surface area contributed by atoms with E-state index in [4.69, 9.17) is 27.9 Å². The summed E-state index contributed by atoms with van der Waals surface area (Å²) < 4.78 is 7.13. The zero-order chi connectivity index (χ0) is 23.4. The Bertz CT molecular complexity index is 1260. The molecule has 32 heavy (non-hydrogen) atoms. The minimum absolute atomic E-state index is 0.0550. The molecule has 0 saturated heterocycles. The maximum absolute atomic E-state index is 12.7. The van der Waals surface area contributed by atoms with E-state index < -0.39 is 29.2 Å². The van der Waals surface area contributed by atoms with Gasteiger partial charge in [-0.25, -0.2) is 14.2 Å². The lowest BCUT2D eigenvalue weighted by Gasteiger charge is -2.18. The average Bonchev–Trinajstić information content (AvgIpc) is 2.76. The number of rotatable bonds is 6. The number of esters is 1. The van der Waals surface area contributed by atoms with E-state index in [0.29, 0.717) is 11.3 Å². The molecule has 3 rings (SSSR count). The number of methoxy groups -OCH3 is 1. The lowest BCUT2D eigenvalue weighted by Crippen LogP contribution is -2.43. The molecule has 0 aliphatic carbocycles. The highest BCUT2D eigenvalue weighted by atomic mass is 35.5. The predicted molar refractivity (Wildman–Crippen MR) is 121 cm³/mol. The Balaban J connectivity index is 1.85. The first-order chi connectivity index (χ1) is 15.2. The molecule has 1 amide bonds. The molecule has 1 N–H and O–H groups in total. The number of benzene rings is 2. The minimum atomic E-state index is -1.02. The van der Waals surface area contributed by atoms with Crippen molar-refractivity contribution in [2.24, 2.45) is 7.05 Å². The first-order valence-corrected chi connectivity index (χ1v) is 10.2. The summed E-state index contributed by atoms with van der Waals surface area (Å²) in [6.07, 6.45) is 1.49. The van der Waals surface area contributed by atoms with E-state index in [1.54, 1.807) is 37.4 Å². The topological polar surface area (TPSA) is 99.4 Å². The van der Waals surface area contributed by atoms with Crippen LogP contribution in [-0.2, 0) is 23.0 Å². The van der Waals surface area contributed by atoms with Crippen LogP contribution in [0.2, 0.25) is 10.0 Å². The molecule has 1 aromatic heterocycles. The van der Waals surface area contributed by atoms with Gasteiger partial charge in [0, 0.05) is 25.7 Å². The van der Waals surface area contributed by atoms with E-state index in [1.165, 1.54) is 36.1 Å². The third-order valence-electron chi connectivity index (χ3n) is 4.77. The van der Waals surface area contributed by atoms with Crippen LogP contribution in [0.1, 0.15) is 15.9 Å². The summed E-state index contributed by atoms with van der Waals surface area (Å²) in [5.74, 6) is -1.27. The van der Waals surface area contributed by atoms with Gasteiger partial charge in [-0.3, -0.25) is 9.59 Å². The largest absolute Gasteiger partial charge is 0.467 e. The number of nitrogens with one attached hydrogen (secondary N) is 1. The SMILES string of the molecule is COC(=O)[C@H](Cc1ccc(-n2c(=O)ccn(C)c2=O)cc1)NC(=O)c1c(Cl)cccc1Cl. The normalized spacial score (nSPS) is 11.6. The molecule has 8 nitrogen and oxygen atoms in total. The number of halogens is 2. The molecule has 0 aliphatic heterocycles. The zero-order valence-electron chi connectivity index (χ0n) is 17.2. The molecule has 0 aliphatic rings. The van der Waals surface area contributed by atoms with Crippen molar-refractivity contribution in [3.8, 4) is 5.69 Å². The van der Waals surface area contributed by atoms with Crippen LogP contribution in [0.4, 0.5) is 0 Å². The fraction of sp³-hybridized carbons (Fsp3) is 0.182. The number of nitrogens with zero attached hydrogens (tertiary/aromatic N) is 2. The Morgan fingerprint density at radius 3 is 2.25 bits per heavy atom. The van der Waals surface area contributed by atoms with Gasteiger partial charge in [0.05, 0.1) is 28.4 Å². The minimum Gasteiger partial charge on any atom is -0.467 e. The van der Waals surface area contributed by atoms with Crippen molar-refractivity contribution in [2.45, 2.75) is 12.5 Å². The summed E-state index contributed by atoms with van der Waals surface area (Å²) in [4.78, 5) is 49.4. The van der Waals surface area contributed by atoms with Gasteiger partial charge in [-0.1, -0.05) is 41.4 Å². The van der Waals surface area contributed by atoms with Gasteiger partial charge in [-0.05, 0) is 29.8 Å². The number of hydrogen-bond donors (Lipinski definition) is 1. The van der Waals surface area contributed by atoms with Gasteiger partial charge in [0.15, 0.2) is 0 Å². The second-order valence-electron chi connectivity index (χ2n) is 6.90. The molecular weight excluding hydrogens is 457 g/mol. The van der Waals surface area contributed by atoms with Crippen molar-refractivity contribution >= 4 is 35.1 Å². The summed E-state index contributed by atoms with van der Waals surface area (Å²) in [5, 5.41) is 2.90. The van der Waals surface area contributed by atoms with Gasteiger partial charge >= 0.3 is 11.7 Å². The Morgan fingerprint density at radius 1 is 1.03 bits per heavy atom. The lowest BCUT2D eigenvalue weighted by molar-refractivity contribution is -0.142. The van der Waals surface area contributed by atoms with Gasteiger partial charge < -0.3 is 14.6 Å². The first kappa shape index (κ1) is 23.3. The monoisotopic (exact) mass is 475 g/mol. The van der Waals surface area contributed by atoms with E-state index >= 15 is 0 Å². The van der Waals surface area contributed by atoms with Crippen molar-refractivity contribution in [3.05, 3.63) is 96.7 Å². The predicted octanol–water partition coefficient (Wildman–Crippen LogP) is 2.36. The standard InChI is InChI=1S/C22H19Cl2N3O5/c1-26-11-10-18(28)27(22(26)31)14-8-6-13(7-9-14)12-17(21(30)32-2)25-20(29)19-15(23)4-3-5-16(19)24/h3-11,17H,12H2,1-2H3,(H,25,29)/t17-/m0/s1. The lowest BCUT2D eigenvalue weighted by atomic mass is 10.0. The Morgan fingerprint density at radius 2 is 1.66 bits per heavy atom. The zero-order valence-corrected chi connectivity index (χ0v) is 18.7. The highest BCUT2D eigenvalue weighted by Crippen LogP contribution is 2.24. The van der Waals surface area contributed by atoms with Crippen LogP contribution >= 0.6 is 23.2 Å². The van der Waals surface area contributed by atoms with Gasteiger partial charge in [-0.15, -0.1) is 0 Å². The summed E-state index contributed by atoms with van der Waals surface area (Å²) in [6, 6.07) is 11.4. The van der Waals surface area contributed by atoms with E-state index in [0.717, 1.165) is 4.57 Å². The highest BCUT2D eigenvalue weighted by molar-refractivity contribution is 6.39. The van der Waals surface area contributed by atoms with Crippen LogP contribution in [0.3, 0.4) is 0 Å². The van der Waals surface area contributed by atoms with Crippen LogP contribution in [0.25, 0.3) is 5.69 Å². The molecule has 1 atom stereocenters. The van der Waals surface area contributed by atoms with Crippen LogP contribution in [0.15, 0.2) is 64.3 Å². The summed E-state index contributed by atoms with van der Waals surface area (Å²) in [6.45, 7) is 0. The third-order valence-corrected chi connectivity index (χ3v) is 5.40. The Hall–Kier alpha value is -3.36. The Kier molecular flexibility index (Phi) is 7.17. The summed E-state index contributed by atoms with van der Waals surface area (Å²) in [7, 11) is 2.76. The Labute approximate surface area is 193 Å². The maximum Gasteiger partial charge on any atom is 0.335 e. The molecule has 1 heterocycles. The van der Waals surface area contributed by atoms with Crippen LogP contribution in [-0.4, -0.2) is 34.2 Å². The highest BCUT2D eigenvalue weighted by Gasteiger charge is 2.25. The van der Waals surface area contributed by atoms with E-state index in [1.807, 2.05) is 0 Å². The van der Waals surface area contributed by atoms with Gasteiger partial charge in [0.25, 0.3) is 11.5 Å². The van der Waals surface area contributed by atoms with Gasteiger partial charge in [0.1, 0.15) is 6.04 Å². The van der Waals surface area contributed by atoms with Crippen molar-refractivity contribution in [2.75, 3.05) is 7.11 Å². The number of carbonyl (C=O) groups excluding carboxylic acids is 2. The van der Waals surface area contributed by atoms with Gasteiger partial charge in [-0.2, -0.15) is 0 Å². The first-order valence-electron chi connectivity index (χ1n) is 9.43. The molecule has 0 saturated carbocycles.